The number of carbonyl (C=O) groups is 1. The number of nitro groups is 1. The smallest absolute Gasteiger partial charge is 0.412 e. The Kier molecular flexibility index (Phi) is 4.92. The maximum atomic E-state index is 11.7. The molecule has 0 radical (unpaired) electrons. The summed E-state index contributed by atoms with van der Waals surface area (Å²) in [6.07, 6.45) is -0.759. The summed E-state index contributed by atoms with van der Waals surface area (Å²) in [5, 5.41) is 13.2. The number of carbonyl (C=O) groups excluding carboxylic acids is 1. The van der Waals surface area contributed by atoms with Gasteiger partial charge in [0.1, 0.15) is 18.0 Å². The summed E-state index contributed by atoms with van der Waals surface area (Å²) in [5.74, 6) is 0.702. The van der Waals surface area contributed by atoms with Crippen LogP contribution in [-0.4, -0.2) is 18.1 Å². The molecule has 0 fully saturated rings. The third-order valence-electron chi connectivity index (χ3n) is 2.87. The van der Waals surface area contributed by atoms with E-state index in [1.54, 1.807) is 37.4 Å². The fraction of sp³-hybridized carbons (Fsp3) is 0.133. The van der Waals surface area contributed by atoms with E-state index >= 15 is 0 Å². The first-order valence-corrected chi connectivity index (χ1v) is 6.40. The molecule has 0 aromatic heterocycles. The number of hydrogen-bond acceptors (Lipinski definition) is 5. The predicted molar refractivity (Wildman–Crippen MR) is 79.9 cm³/mol. The van der Waals surface area contributed by atoms with E-state index in [0.717, 1.165) is 5.56 Å². The highest BCUT2D eigenvalue weighted by Crippen LogP contribution is 2.23. The van der Waals surface area contributed by atoms with Gasteiger partial charge in [0, 0.05) is 6.07 Å². The van der Waals surface area contributed by atoms with Crippen LogP contribution in [0.1, 0.15) is 5.56 Å². The van der Waals surface area contributed by atoms with Crippen molar-refractivity contribution in [1.82, 2.24) is 0 Å². The molecule has 7 nitrogen and oxygen atoms in total. The first-order valence-electron chi connectivity index (χ1n) is 6.40. The van der Waals surface area contributed by atoms with Crippen molar-refractivity contribution in [3.63, 3.8) is 0 Å². The van der Waals surface area contributed by atoms with E-state index in [-0.39, 0.29) is 18.0 Å². The van der Waals surface area contributed by atoms with Gasteiger partial charge in [-0.2, -0.15) is 0 Å². The predicted octanol–water partition coefficient (Wildman–Crippen LogP) is 3.35. The number of ether oxygens (including phenoxy) is 2. The van der Waals surface area contributed by atoms with Crippen molar-refractivity contribution in [3.8, 4) is 5.75 Å². The van der Waals surface area contributed by atoms with Crippen LogP contribution in [0.25, 0.3) is 0 Å². The van der Waals surface area contributed by atoms with Gasteiger partial charge in [-0.05, 0) is 23.8 Å². The first kappa shape index (κ1) is 15.3. The number of para-hydroxylation sites is 2. The summed E-state index contributed by atoms with van der Waals surface area (Å²) < 4.78 is 10.1. The van der Waals surface area contributed by atoms with Crippen LogP contribution in [0.15, 0.2) is 48.5 Å². The van der Waals surface area contributed by atoms with Gasteiger partial charge in [-0.1, -0.05) is 24.3 Å². The van der Waals surface area contributed by atoms with Gasteiger partial charge in [-0.15, -0.1) is 0 Å². The molecule has 7 heteroatoms. The Bertz CT molecular complexity index is 670. The Balaban J connectivity index is 1.94. The van der Waals surface area contributed by atoms with Gasteiger partial charge >= 0.3 is 6.09 Å². The first-order chi connectivity index (χ1) is 10.6. The van der Waals surface area contributed by atoms with Crippen molar-refractivity contribution < 1.29 is 19.2 Å². The molecular weight excluding hydrogens is 288 g/mol. The van der Waals surface area contributed by atoms with E-state index in [0.29, 0.717) is 5.75 Å². The van der Waals surface area contributed by atoms with Crippen molar-refractivity contribution in [1.29, 1.82) is 0 Å². The molecule has 2 aromatic rings. The molecule has 0 atom stereocenters. The van der Waals surface area contributed by atoms with E-state index < -0.39 is 11.0 Å². The molecule has 2 aromatic carbocycles. The van der Waals surface area contributed by atoms with E-state index in [9.17, 15) is 14.9 Å². The number of nitrogens with one attached hydrogen (secondary N) is 1. The summed E-state index contributed by atoms with van der Waals surface area (Å²) in [4.78, 5) is 22.0. The highest BCUT2D eigenvalue weighted by atomic mass is 16.6. The van der Waals surface area contributed by atoms with Crippen LogP contribution in [0, 0.1) is 10.1 Å². The number of amides is 1. The minimum absolute atomic E-state index is 0.0520. The van der Waals surface area contributed by atoms with Crippen LogP contribution >= 0.6 is 0 Å². The fourth-order valence-electron chi connectivity index (χ4n) is 1.76. The summed E-state index contributed by atoms with van der Waals surface area (Å²) in [6, 6.07) is 12.9. The standard InChI is InChI=1S/C15H14N2O5/c1-21-12-8-6-11(7-9-12)10-22-15(18)16-13-4-2-3-5-14(13)17(19)20/h2-9H,10H2,1H3,(H,16,18). The lowest BCUT2D eigenvalue weighted by molar-refractivity contribution is -0.383. The van der Waals surface area contributed by atoms with Crippen LogP contribution in [0.5, 0.6) is 5.75 Å². The summed E-state index contributed by atoms with van der Waals surface area (Å²) >= 11 is 0. The third-order valence-corrected chi connectivity index (χ3v) is 2.87. The minimum atomic E-state index is -0.759. The second kappa shape index (κ2) is 7.07. The maximum absolute atomic E-state index is 11.7. The Hall–Kier alpha value is -3.09. The second-order valence-electron chi connectivity index (χ2n) is 4.32. The molecule has 0 aliphatic rings. The number of hydrogen-bond donors (Lipinski definition) is 1. The quantitative estimate of drug-likeness (QED) is 0.675. The summed E-state index contributed by atoms with van der Waals surface area (Å²) in [5.41, 5.74) is 0.676. The molecule has 0 aliphatic heterocycles. The van der Waals surface area contributed by atoms with Gasteiger partial charge in [0.05, 0.1) is 12.0 Å². The van der Waals surface area contributed by atoms with Crippen molar-refractivity contribution >= 4 is 17.5 Å². The van der Waals surface area contributed by atoms with Crippen molar-refractivity contribution in [2.75, 3.05) is 12.4 Å². The van der Waals surface area contributed by atoms with Crippen LogP contribution in [0.3, 0.4) is 0 Å². The van der Waals surface area contributed by atoms with E-state index in [1.807, 2.05) is 0 Å². The van der Waals surface area contributed by atoms with Gasteiger partial charge in [-0.25, -0.2) is 4.79 Å². The van der Waals surface area contributed by atoms with Gasteiger partial charge < -0.3 is 9.47 Å². The molecule has 0 unspecified atom stereocenters. The second-order valence-corrected chi connectivity index (χ2v) is 4.32. The molecule has 1 N–H and O–H groups in total. The lowest BCUT2D eigenvalue weighted by Crippen LogP contribution is -2.14. The highest BCUT2D eigenvalue weighted by molar-refractivity contribution is 5.87. The number of benzene rings is 2. The largest absolute Gasteiger partial charge is 0.497 e. The molecule has 0 saturated carbocycles. The van der Waals surface area contributed by atoms with Crippen molar-refractivity contribution in [3.05, 3.63) is 64.2 Å². The molecule has 0 spiro atoms. The Labute approximate surface area is 126 Å². The minimum Gasteiger partial charge on any atom is -0.497 e. The molecule has 114 valence electrons. The summed E-state index contributed by atoms with van der Waals surface area (Å²) in [6.45, 7) is 0.0520. The molecule has 0 saturated heterocycles. The average molecular weight is 302 g/mol. The average Bonchev–Trinajstić information content (AvgIpc) is 2.53. The van der Waals surface area contributed by atoms with Gasteiger partial charge in [-0.3, -0.25) is 15.4 Å². The topological polar surface area (TPSA) is 90.7 Å². The van der Waals surface area contributed by atoms with Crippen molar-refractivity contribution in [2.24, 2.45) is 0 Å². The number of methoxy groups -OCH3 is 1. The van der Waals surface area contributed by atoms with E-state index in [1.165, 1.54) is 18.2 Å². The zero-order chi connectivity index (χ0) is 15.9. The SMILES string of the molecule is COc1ccc(COC(=O)Nc2ccccc2[N+](=O)[O-])cc1. The van der Waals surface area contributed by atoms with Gasteiger partial charge in [0.2, 0.25) is 0 Å². The monoisotopic (exact) mass is 302 g/mol. The zero-order valence-electron chi connectivity index (χ0n) is 11.8. The number of rotatable bonds is 5. The molecule has 0 aliphatic carbocycles. The Morgan fingerprint density at radius 1 is 1.18 bits per heavy atom. The van der Waals surface area contributed by atoms with Gasteiger partial charge in [0.25, 0.3) is 5.69 Å². The summed E-state index contributed by atoms with van der Waals surface area (Å²) in [7, 11) is 1.56. The molecule has 0 heterocycles. The molecular formula is C15H14N2O5. The normalized spacial score (nSPS) is 9.86. The van der Waals surface area contributed by atoms with Crippen LogP contribution < -0.4 is 10.1 Å². The lowest BCUT2D eigenvalue weighted by atomic mass is 10.2. The van der Waals surface area contributed by atoms with E-state index in [2.05, 4.69) is 5.32 Å². The Morgan fingerprint density at radius 2 is 1.86 bits per heavy atom. The van der Waals surface area contributed by atoms with Crippen LogP contribution in [0.4, 0.5) is 16.2 Å². The molecule has 1 amide bonds. The number of nitrogens with zero attached hydrogens (tertiary/aromatic N) is 1. The Morgan fingerprint density at radius 3 is 2.50 bits per heavy atom. The lowest BCUT2D eigenvalue weighted by Gasteiger charge is -2.08. The number of nitro benzene ring substituents is 1. The molecule has 0 bridgehead atoms. The highest BCUT2D eigenvalue weighted by Gasteiger charge is 2.15. The van der Waals surface area contributed by atoms with Crippen molar-refractivity contribution in [2.45, 2.75) is 6.61 Å². The van der Waals surface area contributed by atoms with Crippen LogP contribution in [-0.2, 0) is 11.3 Å². The van der Waals surface area contributed by atoms with Gasteiger partial charge in [0.15, 0.2) is 0 Å². The molecule has 22 heavy (non-hydrogen) atoms. The van der Waals surface area contributed by atoms with Crippen LogP contribution in [0.2, 0.25) is 0 Å². The fourth-order valence-corrected chi connectivity index (χ4v) is 1.76. The number of anilines is 1. The third kappa shape index (κ3) is 3.95. The zero-order valence-corrected chi connectivity index (χ0v) is 11.8. The maximum Gasteiger partial charge on any atom is 0.412 e. The van der Waals surface area contributed by atoms with E-state index in [4.69, 9.17) is 9.47 Å². The molecule has 2 rings (SSSR count).